The Bertz CT molecular complexity index is 1720. The van der Waals surface area contributed by atoms with Crippen molar-refractivity contribution in [3.8, 4) is 23.0 Å². The van der Waals surface area contributed by atoms with Crippen molar-refractivity contribution < 1.29 is 33.5 Å². The smallest absolute Gasteiger partial charge is 0.135 e. The summed E-state index contributed by atoms with van der Waals surface area (Å²) in [7, 11) is 0. The second kappa shape index (κ2) is 11.5. The van der Waals surface area contributed by atoms with Crippen LogP contribution in [0.3, 0.4) is 0 Å². The average molecular weight is 589 g/mol. The summed E-state index contributed by atoms with van der Waals surface area (Å²) in [4.78, 5) is 0. The van der Waals surface area contributed by atoms with Crippen molar-refractivity contribution in [1.82, 2.24) is 0 Å². The molecule has 0 aliphatic carbocycles. The number of rotatable bonds is 12. The molecule has 44 heavy (non-hydrogen) atoms. The van der Waals surface area contributed by atoms with Gasteiger partial charge in [-0.05, 0) is 0 Å². The summed E-state index contributed by atoms with van der Waals surface area (Å²) < 4.78 is 36.1. The van der Waals surface area contributed by atoms with Crippen LogP contribution in [0.2, 0.25) is 0 Å². The molecule has 8 rings (SSSR count). The van der Waals surface area contributed by atoms with Gasteiger partial charge in [0.1, 0.15) is 67.7 Å². The number of aliphatic hydroxyl groups is 1. The zero-order valence-electron chi connectivity index (χ0n) is 24.1. The zero-order valence-corrected chi connectivity index (χ0v) is 24.1. The zero-order chi connectivity index (χ0) is 29.5. The largest absolute Gasteiger partial charge is 0.489 e. The molecule has 0 bridgehead atoms. The number of epoxide rings is 2. The van der Waals surface area contributed by atoms with Crippen LogP contribution in [0.25, 0.3) is 43.1 Å². The maximum Gasteiger partial charge on any atom is 0.135 e. The SMILES string of the molecule is OC(COc1c2ccccc2c(OCC2CO2)c2ccccc12)COc1c2ccccc2c(OCC2CO2)c2ccccc12. The van der Waals surface area contributed by atoms with Crippen LogP contribution >= 0.6 is 0 Å². The second-order valence-corrected chi connectivity index (χ2v) is 11.3. The summed E-state index contributed by atoms with van der Waals surface area (Å²) in [6.45, 7) is 2.60. The van der Waals surface area contributed by atoms with E-state index in [1.54, 1.807) is 0 Å². The van der Waals surface area contributed by atoms with Gasteiger partial charge in [0.05, 0.1) is 13.2 Å². The van der Waals surface area contributed by atoms with Crippen molar-refractivity contribution in [3.63, 3.8) is 0 Å². The van der Waals surface area contributed by atoms with Gasteiger partial charge in [-0.15, -0.1) is 0 Å². The van der Waals surface area contributed by atoms with Crippen molar-refractivity contribution in [1.29, 1.82) is 0 Å². The number of benzene rings is 6. The Labute approximate surface area is 254 Å². The van der Waals surface area contributed by atoms with Gasteiger partial charge in [0.15, 0.2) is 0 Å². The Morgan fingerprint density at radius 1 is 0.477 bits per heavy atom. The van der Waals surface area contributed by atoms with E-state index < -0.39 is 6.10 Å². The van der Waals surface area contributed by atoms with Crippen molar-refractivity contribution in [2.45, 2.75) is 18.3 Å². The van der Waals surface area contributed by atoms with Gasteiger partial charge < -0.3 is 33.5 Å². The van der Waals surface area contributed by atoms with Crippen molar-refractivity contribution in [2.24, 2.45) is 0 Å². The quantitative estimate of drug-likeness (QED) is 0.126. The van der Waals surface area contributed by atoms with E-state index in [4.69, 9.17) is 28.4 Å². The molecule has 2 unspecified atom stereocenters. The van der Waals surface area contributed by atoms with Crippen molar-refractivity contribution in [2.75, 3.05) is 39.6 Å². The summed E-state index contributed by atoms with van der Waals surface area (Å²) in [6.07, 6.45) is -0.584. The lowest BCUT2D eigenvalue weighted by Gasteiger charge is -2.20. The fourth-order valence-electron chi connectivity index (χ4n) is 5.81. The number of hydrogen-bond acceptors (Lipinski definition) is 7. The highest BCUT2D eigenvalue weighted by Crippen LogP contribution is 2.44. The third-order valence-electron chi connectivity index (χ3n) is 8.14. The lowest BCUT2D eigenvalue weighted by atomic mass is 10.0. The van der Waals surface area contributed by atoms with Gasteiger partial charge in [0, 0.05) is 43.1 Å². The summed E-state index contributed by atoms with van der Waals surface area (Å²) in [6, 6.07) is 32.2. The van der Waals surface area contributed by atoms with Gasteiger partial charge in [-0.1, -0.05) is 97.1 Å². The van der Waals surface area contributed by atoms with Gasteiger partial charge in [0.2, 0.25) is 0 Å². The topological polar surface area (TPSA) is 82.2 Å². The van der Waals surface area contributed by atoms with E-state index in [1.165, 1.54) is 0 Å². The Morgan fingerprint density at radius 3 is 0.977 bits per heavy atom. The van der Waals surface area contributed by atoms with E-state index in [0.29, 0.717) is 24.7 Å². The standard InChI is InChI=1S/C37H32O7/c38-23(17-41-34-26-9-1-5-13-30(26)36(43-21-24-19-39-24)31-14-6-2-10-27(31)34)18-42-35-28-11-3-7-15-32(28)37(44-22-25-20-40-25)33-16-8-4-12-29(33)35/h1-16,23-25,38H,17-22H2. The van der Waals surface area contributed by atoms with E-state index in [-0.39, 0.29) is 25.4 Å². The van der Waals surface area contributed by atoms with Gasteiger partial charge in [-0.25, -0.2) is 0 Å². The van der Waals surface area contributed by atoms with Crippen LogP contribution in [0.1, 0.15) is 0 Å². The highest BCUT2D eigenvalue weighted by Gasteiger charge is 2.26. The number of aliphatic hydroxyl groups excluding tert-OH is 1. The van der Waals surface area contributed by atoms with Crippen LogP contribution in [0.4, 0.5) is 0 Å². The van der Waals surface area contributed by atoms with Gasteiger partial charge in [0.25, 0.3) is 0 Å². The number of fused-ring (bicyclic) bond motifs is 4. The fraction of sp³-hybridized carbons (Fsp3) is 0.243. The predicted octanol–water partition coefficient (Wildman–Crippen LogP) is 6.67. The van der Waals surface area contributed by atoms with Crippen LogP contribution in [0.15, 0.2) is 97.1 Å². The Hall–Kier alpha value is -4.56. The molecular formula is C37H32O7. The van der Waals surface area contributed by atoms with Crippen molar-refractivity contribution in [3.05, 3.63) is 97.1 Å². The first-order valence-corrected chi connectivity index (χ1v) is 15.0. The minimum atomic E-state index is -0.879. The molecule has 7 nitrogen and oxygen atoms in total. The number of ether oxygens (including phenoxy) is 6. The second-order valence-electron chi connectivity index (χ2n) is 11.3. The molecule has 7 heteroatoms. The highest BCUT2D eigenvalue weighted by atomic mass is 16.6. The maximum atomic E-state index is 11.1. The summed E-state index contributed by atoms with van der Waals surface area (Å²) in [5.74, 6) is 3.06. The molecule has 0 radical (unpaired) electrons. The molecule has 6 aromatic carbocycles. The molecular weight excluding hydrogens is 556 g/mol. The van der Waals surface area contributed by atoms with Gasteiger partial charge in [-0.2, -0.15) is 0 Å². The van der Waals surface area contributed by atoms with Gasteiger partial charge >= 0.3 is 0 Å². The first kappa shape index (κ1) is 27.0. The van der Waals surface area contributed by atoms with Crippen LogP contribution in [0.5, 0.6) is 23.0 Å². The van der Waals surface area contributed by atoms with Crippen molar-refractivity contribution >= 4 is 43.1 Å². The van der Waals surface area contributed by atoms with Gasteiger partial charge in [-0.3, -0.25) is 0 Å². The third-order valence-corrected chi connectivity index (χ3v) is 8.14. The summed E-state index contributed by atoms with van der Waals surface area (Å²) in [5.41, 5.74) is 0. The minimum Gasteiger partial charge on any atom is -0.489 e. The summed E-state index contributed by atoms with van der Waals surface area (Å²) in [5, 5.41) is 18.7. The monoisotopic (exact) mass is 588 g/mol. The van der Waals surface area contributed by atoms with E-state index >= 15 is 0 Å². The number of hydrogen-bond donors (Lipinski definition) is 1. The van der Waals surface area contributed by atoms with Crippen LogP contribution in [-0.2, 0) is 9.47 Å². The third kappa shape index (κ3) is 5.24. The minimum absolute atomic E-state index is 0.0581. The van der Waals surface area contributed by atoms with Crippen LogP contribution < -0.4 is 18.9 Å². The first-order chi connectivity index (χ1) is 21.7. The lowest BCUT2D eigenvalue weighted by Crippen LogP contribution is -2.25. The molecule has 2 fully saturated rings. The van der Waals surface area contributed by atoms with E-state index in [0.717, 1.165) is 67.8 Å². The summed E-state index contributed by atoms with van der Waals surface area (Å²) >= 11 is 0. The molecule has 222 valence electrons. The first-order valence-electron chi connectivity index (χ1n) is 15.0. The van der Waals surface area contributed by atoms with Crippen LogP contribution in [0, 0.1) is 0 Å². The molecule has 0 spiro atoms. The molecule has 2 aliphatic rings. The molecule has 0 amide bonds. The Morgan fingerprint density at radius 2 is 0.727 bits per heavy atom. The molecule has 2 atom stereocenters. The molecule has 6 aromatic rings. The Kier molecular flexibility index (Phi) is 7.06. The van der Waals surface area contributed by atoms with E-state index in [1.807, 2.05) is 97.1 Å². The molecule has 2 saturated heterocycles. The Balaban J connectivity index is 1.07. The molecule has 2 aliphatic heterocycles. The van der Waals surface area contributed by atoms with Crippen LogP contribution in [-0.4, -0.2) is 63.1 Å². The predicted molar refractivity (Wildman–Crippen MR) is 170 cm³/mol. The average Bonchev–Trinajstić information content (AvgIpc) is 4.00. The fourth-order valence-corrected chi connectivity index (χ4v) is 5.81. The highest BCUT2D eigenvalue weighted by molar-refractivity contribution is 6.12. The maximum absolute atomic E-state index is 11.1. The normalized spacial score (nSPS) is 18.0. The molecule has 0 saturated carbocycles. The molecule has 1 N–H and O–H groups in total. The van der Waals surface area contributed by atoms with E-state index in [9.17, 15) is 5.11 Å². The molecule has 2 heterocycles. The lowest BCUT2D eigenvalue weighted by molar-refractivity contribution is 0.0647. The molecule has 0 aromatic heterocycles. The van der Waals surface area contributed by atoms with E-state index in [2.05, 4.69) is 0 Å².